The Hall–Kier alpha value is -0.610. The second kappa shape index (κ2) is 6.79. The van der Waals surface area contributed by atoms with Crippen molar-refractivity contribution >= 4 is 5.97 Å². The zero-order valence-electron chi connectivity index (χ0n) is 9.30. The van der Waals surface area contributed by atoms with Crippen molar-refractivity contribution in [1.29, 1.82) is 0 Å². The van der Waals surface area contributed by atoms with Gasteiger partial charge in [-0.2, -0.15) is 0 Å². The van der Waals surface area contributed by atoms with Gasteiger partial charge >= 0.3 is 5.97 Å². The van der Waals surface area contributed by atoms with Crippen LogP contribution >= 0.6 is 0 Å². The van der Waals surface area contributed by atoms with Gasteiger partial charge in [-0.1, -0.05) is 19.8 Å². The fourth-order valence-corrected chi connectivity index (χ4v) is 0.971. The second-order valence-corrected chi connectivity index (χ2v) is 3.65. The van der Waals surface area contributed by atoms with E-state index < -0.39 is 11.5 Å². The number of carboxylic acid groups (broad SMARTS) is 1. The summed E-state index contributed by atoms with van der Waals surface area (Å²) in [5.74, 6) is -0.879. The summed E-state index contributed by atoms with van der Waals surface area (Å²) in [5.41, 5.74) is -0.966. The van der Waals surface area contributed by atoms with Gasteiger partial charge in [0, 0.05) is 6.61 Å². The molecule has 0 aromatic rings. The van der Waals surface area contributed by atoms with Crippen LogP contribution in [0.25, 0.3) is 0 Å². The number of aliphatic carboxylic acids is 1. The van der Waals surface area contributed by atoms with Crippen molar-refractivity contribution in [3.05, 3.63) is 0 Å². The predicted octanol–water partition coefficient (Wildman–Crippen LogP) is 1.26. The Kier molecular flexibility index (Phi) is 6.49. The number of likely N-dealkylation sites (N-methyl/N-ethyl adjacent to an activating group) is 1. The highest BCUT2D eigenvalue weighted by atomic mass is 16.5. The SMILES string of the molecule is CCCCCOCC(C)(NC)C(=O)O. The fraction of sp³-hybridized carbons (Fsp3) is 0.900. The van der Waals surface area contributed by atoms with E-state index in [-0.39, 0.29) is 6.61 Å². The number of nitrogens with one attached hydrogen (secondary N) is 1. The lowest BCUT2D eigenvalue weighted by Crippen LogP contribution is -2.51. The van der Waals surface area contributed by atoms with Gasteiger partial charge in [0.1, 0.15) is 5.54 Å². The molecule has 0 aromatic carbocycles. The first-order valence-electron chi connectivity index (χ1n) is 5.07. The summed E-state index contributed by atoms with van der Waals surface area (Å²) in [7, 11) is 1.63. The topological polar surface area (TPSA) is 58.6 Å². The van der Waals surface area contributed by atoms with Gasteiger partial charge in [0.25, 0.3) is 0 Å². The highest BCUT2D eigenvalue weighted by Crippen LogP contribution is 2.04. The molecule has 0 fully saturated rings. The third kappa shape index (κ3) is 4.58. The normalized spacial score (nSPS) is 15.1. The van der Waals surface area contributed by atoms with Gasteiger partial charge < -0.3 is 15.2 Å². The lowest BCUT2D eigenvalue weighted by atomic mass is 10.1. The zero-order valence-corrected chi connectivity index (χ0v) is 9.30. The fourth-order valence-electron chi connectivity index (χ4n) is 0.971. The first kappa shape index (κ1) is 13.4. The average Bonchev–Trinajstić information content (AvgIpc) is 2.17. The molecule has 0 aliphatic rings. The molecule has 0 spiro atoms. The number of ether oxygens (including phenoxy) is 1. The van der Waals surface area contributed by atoms with Crippen LogP contribution in [-0.2, 0) is 9.53 Å². The van der Waals surface area contributed by atoms with Crippen molar-refractivity contribution in [2.45, 2.75) is 38.6 Å². The molecule has 4 nitrogen and oxygen atoms in total. The van der Waals surface area contributed by atoms with Crippen molar-refractivity contribution in [1.82, 2.24) is 5.32 Å². The standard InChI is InChI=1S/C10H21NO3/c1-4-5-6-7-14-8-10(2,11-3)9(12)13/h11H,4-8H2,1-3H3,(H,12,13). The number of rotatable bonds is 8. The Bertz CT molecular complexity index is 173. The number of hydrogen-bond acceptors (Lipinski definition) is 3. The Morgan fingerprint density at radius 1 is 1.50 bits per heavy atom. The van der Waals surface area contributed by atoms with Gasteiger partial charge in [0.15, 0.2) is 0 Å². The average molecular weight is 203 g/mol. The van der Waals surface area contributed by atoms with Crippen LogP contribution in [0, 0.1) is 0 Å². The first-order valence-corrected chi connectivity index (χ1v) is 5.07. The summed E-state index contributed by atoms with van der Waals surface area (Å²) in [5, 5.41) is 11.6. The predicted molar refractivity (Wildman–Crippen MR) is 55.4 cm³/mol. The van der Waals surface area contributed by atoms with Crippen LogP contribution in [0.1, 0.15) is 33.1 Å². The summed E-state index contributed by atoms with van der Waals surface area (Å²) in [6.45, 7) is 4.59. The Labute approximate surface area is 85.6 Å². The third-order valence-corrected chi connectivity index (χ3v) is 2.31. The van der Waals surface area contributed by atoms with Gasteiger partial charge in [-0.15, -0.1) is 0 Å². The second-order valence-electron chi connectivity index (χ2n) is 3.65. The first-order chi connectivity index (χ1) is 6.56. The van der Waals surface area contributed by atoms with Gasteiger partial charge in [-0.05, 0) is 20.4 Å². The van der Waals surface area contributed by atoms with Crippen molar-refractivity contribution < 1.29 is 14.6 Å². The van der Waals surface area contributed by atoms with Crippen LogP contribution in [0.15, 0.2) is 0 Å². The van der Waals surface area contributed by atoms with Crippen LogP contribution in [0.3, 0.4) is 0 Å². The molecule has 0 aliphatic heterocycles. The van der Waals surface area contributed by atoms with E-state index in [1.807, 2.05) is 0 Å². The van der Waals surface area contributed by atoms with Crippen LogP contribution in [0.2, 0.25) is 0 Å². The molecule has 0 rings (SSSR count). The number of carboxylic acids is 1. The van der Waals surface area contributed by atoms with Crippen molar-refractivity contribution in [2.75, 3.05) is 20.3 Å². The zero-order chi connectivity index (χ0) is 11.0. The van der Waals surface area contributed by atoms with Crippen LogP contribution in [-0.4, -0.2) is 36.9 Å². The minimum Gasteiger partial charge on any atom is -0.480 e. The molecule has 0 aromatic heterocycles. The molecule has 0 heterocycles. The van der Waals surface area contributed by atoms with E-state index >= 15 is 0 Å². The van der Waals surface area contributed by atoms with Gasteiger partial charge in [-0.3, -0.25) is 4.79 Å². The van der Waals surface area contributed by atoms with E-state index in [2.05, 4.69) is 12.2 Å². The maximum Gasteiger partial charge on any atom is 0.326 e. The molecule has 1 unspecified atom stereocenters. The third-order valence-electron chi connectivity index (χ3n) is 2.31. The molecule has 0 radical (unpaired) electrons. The quantitative estimate of drug-likeness (QED) is 0.583. The van der Waals surface area contributed by atoms with E-state index in [4.69, 9.17) is 9.84 Å². The largest absolute Gasteiger partial charge is 0.480 e. The Morgan fingerprint density at radius 3 is 2.57 bits per heavy atom. The lowest BCUT2D eigenvalue weighted by Gasteiger charge is -2.23. The molecule has 0 saturated carbocycles. The van der Waals surface area contributed by atoms with Crippen molar-refractivity contribution in [3.63, 3.8) is 0 Å². The molecule has 0 amide bonds. The lowest BCUT2D eigenvalue weighted by molar-refractivity contribution is -0.146. The van der Waals surface area contributed by atoms with Crippen LogP contribution < -0.4 is 5.32 Å². The number of unbranched alkanes of at least 4 members (excludes halogenated alkanes) is 2. The smallest absolute Gasteiger partial charge is 0.326 e. The van der Waals surface area contributed by atoms with Gasteiger partial charge in [0.2, 0.25) is 0 Å². The van der Waals surface area contributed by atoms with Crippen LogP contribution in [0.4, 0.5) is 0 Å². The molecule has 2 N–H and O–H groups in total. The summed E-state index contributed by atoms with van der Waals surface area (Å²) in [4.78, 5) is 10.8. The summed E-state index contributed by atoms with van der Waals surface area (Å²) >= 11 is 0. The van der Waals surface area contributed by atoms with E-state index in [1.165, 1.54) is 0 Å². The van der Waals surface area contributed by atoms with E-state index in [9.17, 15) is 4.79 Å². The van der Waals surface area contributed by atoms with Crippen molar-refractivity contribution in [2.24, 2.45) is 0 Å². The highest BCUT2D eigenvalue weighted by molar-refractivity contribution is 5.78. The summed E-state index contributed by atoms with van der Waals surface area (Å²) in [6, 6.07) is 0. The number of hydrogen-bond donors (Lipinski definition) is 2. The molecule has 1 atom stereocenters. The Balaban J connectivity index is 3.68. The monoisotopic (exact) mass is 203 g/mol. The summed E-state index contributed by atoms with van der Waals surface area (Å²) < 4.78 is 5.31. The maximum atomic E-state index is 10.8. The molecule has 0 saturated heterocycles. The number of carbonyl (C=O) groups is 1. The molecule has 14 heavy (non-hydrogen) atoms. The maximum absolute atomic E-state index is 10.8. The van der Waals surface area contributed by atoms with Gasteiger partial charge in [0.05, 0.1) is 6.61 Å². The van der Waals surface area contributed by atoms with E-state index in [0.717, 1.165) is 19.3 Å². The molecular formula is C10H21NO3. The van der Waals surface area contributed by atoms with E-state index in [0.29, 0.717) is 6.61 Å². The minimum absolute atomic E-state index is 0.211. The van der Waals surface area contributed by atoms with E-state index in [1.54, 1.807) is 14.0 Å². The molecule has 0 bridgehead atoms. The Morgan fingerprint density at radius 2 is 2.14 bits per heavy atom. The molecular weight excluding hydrogens is 182 g/mol. The highest BCUT2D eigenvalue weighted by Gasteiger charge is 2.31. The molecule has 0 aliphatic carbocycles. The van der Waals surface area contributed by atoms with Crippen LogP contribution in [0.5, 0.6) is 0 Å². The van der Waals surface area contributed by atoms with Gasteiger partial charge in [-0.25, -0.2) is 0 Å². The molecule has 4 heteroatoms. The summed E-state index contributed by atoms with van der Waals surface area (Å²) in [6.07, 6.45) is 3.27. The van der Waals surface area contributed by atoms with Crippen molar-refractivity contribution in [3.8, 4) is 0 Å². The molecule has 84 valence electrons. The minimum atomic E-state index is -0.966.